The molecule has 0 unspecified atom stereocenters. The first-order valence-corrected chi connectivity index (χ1v) is 7.86. The topological polar surface area (TPSA) is 59.6 Å². The van der Waals surface area contributed by atoms with Crippen molar-refractivity contribution < 1.29 is 4.39 Å². The van der Waals surface area contributed by atoms with E-state index in [-0.39, 0.29) is 11.4 Å². The zero-order valence-corrected chi connectivity index (χ0v) is 13.3. The molecule has 2 aromatic rings. The Kier molecular flexibility index (Phi) is 5.80. The lowest BCUT2D eigenvalue weighted by atomic mass is 10.2. The van der Waals surface area contributed by atoms with Gasteiger partial charge in [0.15, 0.2) is 5.57 Å². The van der Waals surface area contributed by atoms with Crippen LogP contribution in [0.5, 0.6) is 0 Å². The summed E-state index contributed by atoms with van der Waals surface area (Å²) < 4.78 is 13.3. The number of rotatable bonds is 5. The number of thioether (sulfide) groups is 1. The molecule has 0 fully saturated rings. The Morgan fingerprint density at radius 2 is 1.87 bits per heavy atom. The Morgan fingerprint density at radius 1 is 1.13 bits per heavy atom. The van der Waals surface area contributed by atoms with Crippen LogP contribution in [0.3, 0.4) is 0 Å². The van der Waals surface area contributed by atoms with Crippen LogP contribution in [0.25, 0.3) is 0 Å². The average Bonchev–Trinajstić information content (AvgIpc) is 2.53. The molecule has 114 valence electrons. The molecule has 2 aromatic carbocycles. The van der Waals surface area contributed by atoms with Crippen LogP contribution in [0, 0.1) is 35.4 Å². The summed E-state index contributed by atoms with van der Waals surface area (Å²) in [6.07, 6.45) is 0. The second-order valence-electron chi connectivity index (χ2n) is 4.84. The highest BCUT2D eigenvalue weighted by molar-refractivity contribution is 8.02. The van der Waals surface area contributed by atoms with Gasteiger partial charge in [0, 0.05) is 11.4 Å². The molecule has 0 heterocycles. The van der Waals surface area contributed by atoms with Crippen LogP contribution in [-0.4, -0.2) is 0 Å². The molecule has 0 atom stereocenters. The summed E-state index contributed by atoms with van der Waals surface area (Å²) in [6.45, 7) is 2.01. The molecule has 0 saturated heterocycles. The number of hydrogen-bond donors (Lipinski definition) is 1. The molecule has 0 amide bonds. The monoisotopic (exact) mass is 323 g/mol. The summed E-state index contributed by atoms with van der Waals surface area (Å²) in [6, 6.07) is 17.7. The van der Waals surface area contributed by atoms with E-state index in [2.05, 4.69) is 5.32 Å². The number of aryl methyl sites for hydroxylation is 1. The Balaban J connectivity index is 2.21. The van der Waals surface area contributed by atoms with Crippen LogP contribution in [0.15, 0.2) is 59.1 Å². The van der Waals surface area contributed by atoms with Crippen molar-refractivity contribution in [2.75, 3.05) is 5.32 Å². The molecule has 1 N–H and O–H groups in total. The number of nitriles is 2. The molecule has 0 aliphatic rings. The van der Waals surface area contributed by atoms with E-state index < -0.39 is 0 Å². The van der Waals surface area contributed by atoms with E-state index in [1.165, 1.54) is 23.9 Å². The van der Waals surface area contributed by atoms with E-state index in [0.717, 1.165) is 11.1 Å². The van der Waals surface area contributed by atoms with E-state index in [0.29, 0.717) is 16.5 Å². The van der Waals surface area contributed by atoms with Gasteiger partial charge in [-0.05, 0) is 30.7 Å². The van der Waals surface area contributed by atoms with Crippen molar-refractivity contribution in [3.63, 3.8) is 0 Å². The van der Waals surface area contributed by atoms with Gasteiger partial charge in [-0.25, -0.2) is 4.39 Å². The normalized spacial score (nSPS) is 9.57. The Labute approximate surface area is 139 Å². The second-order valence-corrected chi connectivity index (χ2v) is 5.83. The van der Waals surface area contributed by atoms with E-state index in [1.54, 1.807) is 12.1 Å². The maximum absolute atomic E-state index is 13.3. The van der Waals surface area contributed by atoms with Crippen LogP contribution in [0.4, 0.5) is 10.1 Å². The molecule has 0 radical (unpaired) electrons. The van der Waals surface area contributed by atoms with Gasteiger partial charge in [0.1, 0.15) is 23.0 Å². The van der Waals surface area contributed by atoms with Gasteiger partial charge in [-0.3, -0.25) is 0 Å². The second kappa shape index (κ2) is 8.03. The lowest BCUT2D eigenvalue weighted by Gasteiger charge is -2.11. The third-order valence-corrected chi connectivity index (χ3v) is 4.07. The van der Waals surface area contributed by atoms with E-state index in [9.17, 15) is 4.39 Å². The van der Waals surface area contributed by atoms with Crippen molar-refractivity contribution in [3.05, 3.63) is 76.1 Å². The number of benzene rings is 2. The molecule has 0 aliphatic carbocycles. The van der Waals surface area contributed by atoms with Crippen molar-refractivity contribution in [2.45, 2.75) is 12.7 Å². The summed E-state index contributed by atoms with van der Waals surface area (Å²) in [5.41, 5.74) is 2.71. The van der Waals surface area contributed by atoms with Gasteiger partial charge >= 0.3 is 0 Å². The minimum atomic E-state index is -0.381. The Bertz CT molecular complexity index is 800. The molecule has 2 rings (SSSR count). The van der Waals surface area contributed by atoms with Gasteiger partial charge < -0.3 is 5.32 Å². The Morgan fingerprint density at radius 3 is 2.52 bits per heavy atom. The molecule has 0 saturated carbocycles. The van der Waals surface area contributed by atoms with Crippen molar-refractivity contribution in [1.29, 1.82) is 10.5 Å². The molecule has 0 aliphatic heterocycles. The van der Waals surface area contributed by atoms with E-state index in [1.807, 2.05) is 43.3 Å². The van der Waals surface area contributed by atoms with Crippen LogP contribution < -0.4 is 5.32 Å². The third-order valence-electron chi connectivity index (χ3n) is 3.00. The maximum Gasteiger partial charge on any atom is 0.159 e. The SMILES string of the molecule is Cc1cccc(CSC(Nc2cccc(F)c2)=C(C#N)C#N)c1. The third kappa shape index (κ3) is 4.88. The quantitative estimate of drug-likeness (QED) is 0.808. The summed E-state index contributed by atoms with van der Waals surface area (Å²) >= 11 is 1.34. The Hall–Kier alpha value is -2.76. The predicted octanol–water partition coefficient (Wildman–Crippen LogP) is 4.74. The first-order chi connectivity index (χ1) is 11.1. The van der Waals surface area contributed by atoms with Crippen molar-refractivity contribution in [3.8, 4) is 12.1 Å². The first kappa shape index (κ1) is 16.6. The highest BCUT2D eigenvalue weighted by atomic mass is 32.2. The van der Waals surface area contributed by atoms with E-state index >= 15 is 0 Å². The number of allylic oxidation sites excluding steroid dienone is 1. The van der Waals surface area contributed by atoms with E-state index in [4.69, 9.17) is 10.5 Å². The highest BCUT2D eigenvalue weighted by Crippen LogP contribution is 2.26. The summed E-state index contributed by atoms with van der Waals surface area (Å²) in [5.74, 6) is 0.222. The van der Waals surface area contributed by atoms with Gasteiger partial charge in [0.25, 0.3) is 0 Å². The minimum absolute atomic E-state index is 0.0214. The van der Waals surface area contributed by atoms with Gasteiger partial charge in [0.05, 0.1) is 0 Å². The first-order valence-electron chi connectivity index (χ1n) is 6.88. The molecule has 0 aromatic heterocycles. The van der Waals surface area contributed by atoms with Gasteiger partial charge in [0.2, 0.25) is 0 Å². The molecule has 0 bridgehead atoms. The zero-order chi connectivity index (χ0) is 16.7. The van der Waals surface area contributed by atoms with Crippen molar-refractivity contribution in [1.82, 2.24) is 0 Å². The molecular formula is C18H14FN3S. The lowest BCUT2D eigenvalue weighted by Crippen LogP contribution is -2.00. The van der Waals surface area contributed by atoms with Gasteiger partial charge in [-0.2, -0.15) is 10.5 Å². The molecule has 3 nitrogen and oxygen atoms in total. The van der Waals surface area contributed by atoms with Crippen LogP contribution in [0.1, 0.15) is 11.1 Å². The largest absolute Gasteiger partial charge is 0.348 e. The fraction of sp³-hybridized carbons (Fsp3) is 0.111. The number of hydrogen-bond acceptors (Lipinski definition) is 4. The van der Waals surface area contributed by atoms with Crippen molar-refractivity contribution in [2.24, 2.45) is 0 Å². The zero-order valence-electron chi connectivity index (χ0n) is 12.5. The number of nitrogens with one attached hydrogen (secondary N) is 1. The lowest BCUT2D eigenvalue weighted by molar-refractivity contribution is 0.628. The van der Waals surface area contributed by atoms with Gasteiger partial charge in [-0.1, -0.05) is 35.9 Å². The number of nitrogens with zero attached hydrogens (tertiary/aromatic N) is 2. The molecule has 5 heteroatoms. The number of halogens is 1. The van der Waals surface area contributed by atoms with Crippen LogP contribution in [0.2, 0.25) is 0 Å². The maximum atomic E-state index is 13.3. The highest BCUT2D eigenvalue weighted by Gasteiger charge is 2.09. The fourth-order valence-electron chi connectivity index (χ4n) is 1.95. The standard InChI is InChI=1S/C18H14FN3S/c1-13-4-2-5-14(8-13)12-23-18(15(10-20)11-21)22-17-7-3-6-16(19)9-17/h2-9,22H,12H2,1H3. The van der Waals surface area contributed by atoms with Crippen LogP contribution >= 0.6 is 11.8 Å². The van der Waals surface area contributed by atoms with Crippen molar-refractivity contribution >= 4 is 17.4 Å². The summed E-state index contributed by atoms with van der Waals surface area (Å²) in [4.78, 5) is 0. The molecule has 23 heavy (non-hydrogen) atoms. The predicted molar refractivity (Wildman–Crippen MR) is 90.7 cm³/mol. The smallest absolute Gasteiger partial charge is 0.159 e. The number of anilines is 1. The molecular weight excluding hydrogens is 309 g/mol. The minimum Gasteiger partial charge on any atom is -0.348 e. The van der Waals surface area contributed by atoms with Crippen LogP contribution in [-0.2, 0) is 5.75 Å². The fourth-order valence-corrected chi connectivity index (χ4v) is 2.87. The summed E-state index contributed by atoms with van der Waals surface area (Å²) in [5, 5.41) is 21.6. The average molecular weight is 323 g/mol. The molecule has 0 spiro atoms. The summed E-state index contributed by atoms with van der Waals surface area (Å²) in [7, 11) is 0. The van der Waals surface area contributed by atoms with Gasteiger partial charge in [-0.15, -0.1) is 11.8 Å².